The van der Waals surface area contributed by atoms with Crippen molar-refractivity contribution in [2.75, 3.05) is 43.1 Å². The van der Waals surface area contributed by atoms with Crippen LogP contribution in [0.4, 0.5) is 11.4 Å². The van der Waals surface area contributed by atoms with Crippen molar-refractivity contribution in [1.82, 2.24) is 0 Å². The van der Waals surface area contributed by atoms with Gasteiger partial charge in [0.05, 0.1) is 19.8 Å². The molecule has 5 heteroatoms. The van der Waals surface area contributed by atoms with Crippen LogP contribution in [0.5, 0.6) is 5.75 Å². The van der Waals surface area contributed by atoms with Crippen molar-refractivity contribution in [2.45, 2.75) is 19.8 Å². The zero-order chi connectivity index (χ0) is 18.2. The van der Waals surface area contributed by atoms with Gasteiger partial charge in [-0.05, 0) is 43.2 Å². The fourth-order valence-corrected chi connectivity index (χ4v) is 2.96. The molecular formula is C21H26N2O3. The predicted molar refractivity (Wildman–Crippen MR) is 104 cm³/mol. The summed E-state index contributed by atoms with van der Waals surface area (Å²) in [6, 6.07) is 15.9. The number of benzene rings is 2. The molecule has 0 aliphatic carbocycles. The lowest BCUT2D eigenvalue weighted by atomic mass is 10.2. The topological polar surface area (TPSA) is 50.8 Å². The van der Waals surface area contributed by atoms with E-state index in [1.54, 1.807) is 0 Å². The van der Waals surface area contributed by atoms with Gasteiger partial charge in [0.15, 0.2) is 0 Å². The number of hydrogen-bond acceptors (Lipinski definition) is 4. The molecule has 1 aliphatic rings. The van der Waals surface area contributed by atoms with E-state index in [1.165, 1.54) is 0 Å². The van der Waals surface area contributed by atoms with E-state index < -0.39 is 0 Å². The maximum absolute atomic E-state index is 12.2. The lowest BCUT2D eigenvalue weighted by molar-refractivity contribution is -0.116. The zero-order valence-corrected chi connectivity index (χ0v) is 15.2. The first-order chi connectivity index (χ1) is 12.7. The summed E-state index contributed by atoms with van der Waals surface area (Å²) in [4.78, 5) is 14.5. The molecule has 0 saturated carbocycles. The summed E-state index contributed by atoms with van der Waals surface area (Å²) in [7, 11) is 0. The summed E-state index contributed by atoms with van der Waals surface area (Å²) in [5.74, 6) is 0.892. The molecule has 0 atom stereocenters. The number of ether oxygens (including phenoxy) is 2. The fraction of sp³-hybridized carbons (Fsp3) is 0.381. The number of amides is 1. The molecule has 0 unspecified atom stereocenters. The van der Waals surface area contributed by atoms with E-state index in [-0.39, 0.29) is 5.91 Å². The number of rotatable bonds is 7. The van der Waals surface area contributed by atoms with Gasteiger partial charge in [-0.25, -0.2) is 0 Å². The first kappa shape index (κ1) is 18.3. The Kier molecular flexibility index (Phi) is 6.50. The molecule has 2 aromatic carbocycles. The Morgan fingerprint density at radius 2 is 1.96 bits per heavy atom. The minimum Gasteiger partial charge on any atom is -0.493 e. The van der Waals surface area contributed by atoms with Crippen molar-refractivity contribution in [3.63, 3.8) is 0 Å². The van der Waals surface area contributed by atoms with Crippen LogP contribution in [0.3, 0.4) is 0 Å². The molecule has 26 heavy (non-hydrogen) atoms. The molecule has 1 aliphatic heterocycles. The Morgan fingerprint density at radius 1 is 1.15 bits per heavy atom. The highest BCUT2D eigenvalue weighted by molar-refractivity contribution is 5.91. The molecule has 1 fully saturated rings. The SMILES string of the molecule is Cc1ccccc1OCCCC(=O)Nc1cccc(N2CCOCC2)c1. The van der Waals surface area contributed by atoms with Crippen LogP contribution in [0.1, 0.15) is 18.4 Å². The quantitative estimate of drug-likeness (QED) is 0.772. The van der Waals surface area contributed by atoms with E-state index in [1.807, 2.05) is 49.4 Å². The number of morpholine rings is 1. The summed E-state index contributed by atoms with van der Waals surface area (Å²) < 4.78 is 11.1. The molecule has 1 saturated heterocycles. The normalized spacial score (nSPS) is 14.1. The number of carbonyl (C=O) groups is 1. The number of hydrogen-bond donors (Lipinski definition) is 1. The highest BCUT2D eigenvalue weighted by atomic mass is 16.5. The highest BCUT2D eigenvalue weighted by Crippen LogP contribution is 2.21. The van der Waals surface area contributed by atoms with Crippen LogP contribution in [0.25, 0.3) is 0 Å². The van der Waals surface area contributed by atoms with Gasteiger partial charge in [-0.15, -0.1) is 0 Å². The first-order valence-electron chi connectivity index (χ1n) is 9.13. The molecule has 138 valence electrons. The first-order valence-corrected chi connectivity index (χ1v) is 9.13. The van der Waals surface area contributed by atoms with Crippen LogP contribution in [0.15, 0.2) is 48.5 Å². The summed E-state index contributed by atoms with van der Waals surface area (Å²) in [6.45, 7) is 5.81. The van der Waals surface area contributed by atoms with Crippen molar-refractivity contribution >= 4 is 17.3 Å². The van der Waals surface area contributed by atoms with Crippen LogP contribution in [-0.4, -0.2) is 38.8 Å². The third-order valence-electron chi connectivity index (χ3n) is 4.41. The predicted octanol–water partition coefficient (Wildman–Crippen LogP) is 3.63. The van der Waals surface area contributed by atoms with E-state index in [2.05, 4.69) is 16.3 Å². The monoisotopic (exact) mass is 354 g/mol. The van der Waals surface area contributed by atoms with E-state index in [9.17, 15) is 4.79 Å². The number of para-hydroxylation sites is 1. The summed E-state index contributed by atoms with van der Waals surface area (Å²) in [5.41, 5.74) is 3.06. The average Bonchev–Trinajstić information content (AvgIpc) is 2.67. The second-order valence-electron chi connectivity index (χ2n) is 6.42. The summed E-state index contributed by atoms with van der Waals surface area (Å²) in [6.07, 6.45) is 1.12. The third-order valence-corrected chi connectivity index (χ3v) is 4.41. The van der Waals surface area contributed by atoms with Gasteiger partial charge < -0.3 is 19.7 Å². The van der Waals surface area contributed by atoms with E-state index >= 15 is 0 Å². The van der Waals surface area contributed by atoms with Crippen molar-refractivity contribution in [3.8, 4) is 5.75 Å². The van der Waals surface area contributed by atoms with Crippen molar-refractivity contribution in [3.05, 3.63) is 54.1 Å². The molecule has 0 spiro atoms. The third kappa shape index (κ3) is 5.23. The lowest BCUT2D eigenvalue weighted by Crippen LogP contribution is -2.36. The van der Waals surface area contributed by atoms with Gasteiger partial charge in [0, 0.05) is 30.9 Å². The Bertz CT molecular complexity index is 727. The Labute approximate surface area is 154 Å². The molecule has 1 N–H and O–H groups in total. The smallest absolute Gasteiger partial charge is 0.224 e. The number of nitrogens with zero attached hydrogens (tertiary/aromatic N) is 1. The molecule has 0 aromatic heterocycles. The molecule has 1 heterocycles. The lowest BCUT2D eigenvalue weighted by Gasteiger charge is -2.29. The van der Waals surface area contributed by atoms with Crippen LogP contribution in [0, 0.1) is 6.92 Å². The molecule has 0 radical (unpaired) electrons. The van der Waals surface area contributed by atoms with E-state index in [4.69, 9.17) is 9.47 Å². The van der Waals surface area contributed by atoms with Crippen molar-refractivity contribution in [2.24, 2.45) is 0 Å². The van der Waals surface area contributed by atoms with Gasteiger partial charge in [-0.1, -0.05) is 24.3 Å². The molecule has 1 amide bonds. The molecule has 2 aromatic rings. The Morgan fingerprint density at radius 3 is 2.77 bits per heavy atom. The Hall–Kier alpha value is -2.53. The highest BCUT2D eigenvalue weighted by Gasteiger charge is 2.12. The number of aryl methyl sites for hydroxylation is 1. The van der Waals surface area contributed by atoms with Crippen LogP contribution >= 0.6 is 0 Å². The Balaban J connectivity index is 1.44. The van der Waals surface area contributed by atoms with E-state index in [0.29, 0.717) is 19.4 Å². The molecular weight excluding hydrogens is 328 g/mol. The molecule has 3 rings (SSSR count). The van der Waals surface area contributed by atoms with Crippen LogP contribution < -0.4 is 15.0 Å². The number of carbonyl (C=O) groups excluding carboxylic acids is 1. The van der Waals surface area contributed by atoms with Crippen LogP contribution in [0.2, 0.25) is 0 Å². The van der Waals surface area contributed by atoms with Gasteiger partial charge >= 0.3 is 0 Å². The minimum atomic E-state index is 0.0116. The van der Waals surface area contributed by atoms with Gasteiger partial charge in [-0.3, -0.25) is 4.79 Å². The van der Waals surface area contributed by atoms with Gasteiger partial charge in [0.2, 0.25) is 5.91 Å². The number of anilines is 2. The summed E-state index contributed by atoms with van der Waals surface area (Å²) in [5, 5.41) is 2.98. The molecule has 0 bridgehead atoms. The zero-order valence-electron chi connectivity index (χ0n) is 15.2. The van der Waals surface area contributed by atoms with Crippen molar-refractivity contribution < 1.29 is 14.3 Å². The van der Waals surface area contributed by atoms with Gasteiger partial charge in [0.1, 0.15) is 5.75 Å². The second-order valence-corrected chi connectivity index (χ2v) is 6.42. The molecule has 5 nitrogen and oxygen atoms in total. The average molecular weight is 354 g/mol. The largest absolute Gasteiger partial charge is 0.493 e. The number of nitrogens with one attached hydrogen (secondary N) is 1. The van der Waals surface area contributed by atoms with Crippen LogP contribution in [-0.2, 0) is 9.53 Å². The standard InChI is InChI=1S/C21H26N2O3/c1-17-6-2-3-9-20(17)26-13-5-10-21(24)22-18-7-4-8-19(16-18)23-11-14-25-15-12-23/h2-4,6-9,16H,5,10-15H2,1H3,(H,22,24). The van der Waals surface area contributed by atoms with Gasteiger partial charge in [-0.2, -0.15) is 0 Å². The maximum Gasteiger partial charge on any atom is 0.224 e. The van der Waals surface area contributed by atoms with E-state index in [0.717, 1.165) is 49.0 Å². The minimum absolute atomic E-state index is 0.0116. The second kappa shape index (κ2) is 9.25. The maximum atomic E-state index is 12.2. The van der Waals surface area contributed by atoms with Crippen molar-refractivity contribution in [1.29, 1.82) is 0 Å². The summed E-state index contributed by atoms with van der Waals surface area (Å²) >= 11 is 0. The van der Waals surface area contributed by atoms with Gasteiger partial charge in [0.25, 0.3) is 0 Å². The fourth-order valence-electron chi connectivity index (χ4n) is 2.96.